The first-order valence-corrected chi connectivity index (χ1v) is 10.9. The molecule has 1 aliphatic rings. The van der Waals surface area contributed by atoms with Crippen LogP contribution < -0.4 is 5.43 Å². The molecule has 1 aromatic heterocycles. The molecule has 172 valence electrons. The number of nitrogens with zero attached hydrogens (tertiary/aromatic N) is 2. The van der Waals surface area contributed by atoms with Crippen molar-refractivity contribution in [3.63, 3.8) is 0 Å². The Morgan fingerprint density at radius 1 is 1.12 bits per heavy atom. The number of fused-ring (bicyclic) bond motifs is 2. The maximum absolute atomic E-state index is 13.9. The second-order valence-electron chi connectivity index (χ2n) is 7.86. The highest BCUT2D eigenvalue weighted by atomic mass is 19.1. The van der Waals surface area contributed by atoms with Crippen molar-refractivity contribution >= 4 is 22.8 Å². The summed E-state index contributed by atoms with van der Waals surface area (Å²) >= 11 is 0. The number of ether oxygens (including phenoxy) is 1. The van der Waals surface area contributed by atoms with Gasteiger partial charge in [0.05, 0.1) is 29.7 Å². The van der Waals surface area contributed by atoms with Crippen molar-refractivity contribution in [3.05, 3.63) is 81.0 Å². The molecule has 0 spiro atoms. The van der Waals surface area contributed by atoms with E-state index in [1.165, 1.54) is 19.2 Å². The zero-order valence-electron chi connectivity index (χ0n) is 18.8. The lowest BCUT2D eigenvalue weighted by Crippen LogP contribution is -2.37. The lowest BCUT2D eigenvalue weighted by atomic mass is 9.97. The summed E-state index contributed by atoms with van der Waals surface area (Å²) in [6.45, 7) is 6.72. The minimum atomic E-state index is -0.710. The predicted octanol–water partition coefficient (Wildman–Crippen LogP) is 3.61. The van der Waals surface area contributed by atoms with Crippen molar-refractivity contribution in [2.45, 2.75) is 19.9 Å². The Morgan fingerprint density at radius 3 is 2.45 bits per heavy atom. The largest absolute Gasteiger partial charge is 0.465 e. The average molecular weight is 452 g/mol. The van der Waals surface area contributed by atoms with Crippen LogP contribution in [0.15, 0.2) is 51.7 Å². The summed E-state index contributed by atoms with van der Waals surface area (Å²) in [4.78, 5) is 42.4. The molecule has 8 heteroatoms. The summed E-state index contributed by atoms with van der Waals surface area (Å²) in [7, 11) is 1.30. The summed E-state index contributed by atoms with van der Waals surface area (Å²) < 4.78 is 24.5. The average Bonchev–Trinajstić information content (AvgIpc) is 3.11. The third-order valence-corrected chi connectivity index (χ3v) is 6.13. The van der Waals surface area contributed by atoms with E-state index in [0.29, 0.717) is 24.2 Å². The quantitative estimate of drug-likeness (QED) is 0.510. The number of carbonyl (C=O) groups excluding carboxylic acids is 2. The van der Waals surface area contributed by atoms with Crippen LogP contribution in [0.3, 0.4) is 0 Å². The van der Waals surface area contributed by atoms with Crippen LogP contribution in [0.1, 0.15) is 51.9 Å². The van der Waals surface area contributed by atoms with Gasteiger partial charge in [-0.1, -0.05) is 26.0 Å². The third kappa shape index (κ3) is 4.02. The van der Waals surface area contributed by atoms with E-state index < -0.39 is 23.3 Å². The topological polar surface area (TPSA) is 80.1 Å². The third-order valence-electron chi connectivity index (χ3n) is 6.13. The molecule has 0 fully saturated rings. The van der Waals surface area contributed by atoms with Gasteiger partial charge in [-0.2, -0.15) is 0 Å². The molecule has 0 radical (unpaired) electrons. The molecule has 0 saturated heterocycles. The molecule has 1 atom stereocenters. The van der Waals surface area contributed by atoms with Gasteiger partial charge >= 0.3 is 5.97 Å². The molecule has 0 unspecified atom stereocenters. The Kier molecular flexibility index (Phi) is 6.29. The van der Waals surface area contributed by atoms with Crippen molar-refractivity contribution in [1.82, 2.24) is 9.80 Å². The van der Waals surface area contributed by atoms with Crippen LogP contribution >= 0.6 is 0 Å². The van der Waals surface area contributed by atoms with Crippen molar-refractivity contribution in [2.24, 2.45) is 0 Å². The van der Waals surface area contributed by atoms with Crippen LogP contribution in [0.2, 0.25) is 0 Å². The highest BCUT2D eigenvalue weighted by Gasteiger charge is 2.42. The van der Waals surface area contributed by atoms with E-state index >= 15 is 0 Å². The lowest BCUT2D eigenvalue weighted by Gasteiger charge is -2.28. The summed E-state index contributed by atoms with van der Waals surface area (Å²) in [6, 6.07) is 9.54. The Labute approximate surface area is 190 Å². The van der Waals surface area contributed by atoms with Crippen molar-refractivity contribution in [3.8, 4) is 0 Å². The van der Waals surface area contributed by atoms with Gasteiger partial charge in [-0.05, 0) is 49.0 Å². The maximum Gasteiger partial charge on any atom is 0.337 e. The van der Waals surface area contributed by atoms with E-state index in [1.807, 2.05) is 13.8 Å². The molecule has 2 aromatic carbocycles. The molecular formula is C25H25FN2O5. The fourth-order valence-electron chi connectivity index (χ4n) is 4.28. The predicted molar refractivity (Wildman–Crippen MR) is 121 cm³/mol. The number of likely N-dealkylation sites (N-methyl/N-ethyl adjacent to an activating group) is 1. The number of methoxy groups -OCH3 is 1. The van der Waals surface area contributed by atoms with Gasteiger partial charge in [0.1, 0.15) is 11.4 Å². The number of hydrogen-bond donors (Lipinski definition) is 0. The van der Waals surface area contributed by atoms with Crippen LogP contribution in [-0.2, 0) is 4.74 Å². The number of amides is 1. The zero-order valence-corrected chi connectivity index (χ0v) is 18.8. The number of esters is 1. The molecule has 1 aliphatic heterocycles. The van der Waals surface area contributed by atoms with Crippen LogP contribution in [0, 0.1) is 5.82 Å². The fraction of sp³-hybridized carbons (Fsp3) is 0.320. The van der Waals surface area contributed by atoms with E-state index in [2.05, 4.69) is 4.90 Å². The second kappa shape index (κ2) is 9.15. The van der Waals surface area contributed by atoms with Gasteiger partial charge in [0.15, 0.2) is 5.43 Å². The summed E-state index contributed by atoms with van der Waals surface area (Å²) in [5, 5.41) is 0.0864. The van der Waals surface area contributed by atoms with E-state index in [4.69, 9.17) is 9.15 Å². The summed E-state index contributed by atoms with van der Waals surface area (Å²) in [6.07, 6.45) is 0. The van der Waals surface area contributed by atoms with Gasteiger partial charge in [0.2, 0.25) is 5.76 Å². The van der Waals surface area contributed by atoms with E-state index in [9.17, 15) is 18.8 Å². The molecule has 7 nitrogen and oxygen atoms in total. The molecule has 0 N–H and O–H groups in total. The first kappa shape index (κ1) is 22.7. The van der Waals surface area contributed by atoms with Crippen LogP contribution in [0.25, 0.3) is 11.0 Å². The fourth-order valence-corrected chi connectivity index (χ4v) is 4.28. The van der Waals surface area contributed by atoms with Gasteiger partial charge < -0.3 is 19.0 Å². The molecule has 3 aromatic rings. The molecule has 4 rings (SSSR count). The molecule has 0 aliphatic carbocycles. The SMILES string of the molecule is CCN(CC)CCN1C(=O)c2oc3ccc(F)cc3c(=O)c2[C@H]1c1ccc(C(=O)OC)cc1. The Hall–Kier alpha value is -3.52. The van der Waals surface area contributed by atoms with Gasteiger partial charge in [-0.25, -0.2) is 9.18 Å². The number of halogens is 1. The van der Waals surface area contributed by atoms with Crippen LogP contribution in [-0.4, -0.2) is 55.0 Å². The number of hydrogen-bond acceptors (Lipinski definition) is 6. The van der Waals surface area contributed by atoms with Crippen molar-refractivity contribution < 1.29 is 23.1 Å². The van der Waals surface area contributed by atoms with Gasteiger partial charge in [0, 0.05) is 13.1 Å². The number of rotatable bonds is 7. The first-order valence-electron chi connectivity index (χ1n) is 10.9. The van der Waals surface area contributed by atoms with E-state index in [1.54, 1.807) is 29.2 Å². The second-order valence-corrected chi connectivity index (χ2v) is 7.86. The normalized spacial score (nSPS) is 15.4. The van der Waals surface area contributed by atoms with Crippen molar-refractivity contribution in [2.75, 3.05) is 33.3 Å². The molecule has 33 heavy (non-hydrogen) atoms. The van der Waals surface area contributed by atoms with Crippen molar-refractivity contribution in [1.29, 1.82) is 0 Å². The van der Waals surface area contributed by atoms with Crippen LogP contribution in [0.5, 0.6) is 0 Å². The minimum absolute atomic E-state index is 0.0271. The van der Waals surface area contributed by atoms with Gasteiger partial charge in [0.25, 0.3) is 5.91 Å². The monoisotopic (exact) mass is 452 g/mol. The van der Waals surface area contributed by atoms with E-state index in [0.717, 1.165) is 19.2 Å². The number of benzene rings is 2. The Balaban J connectivity index is 1.85. The molecule has 2 heterocycles. The minimum Gasteiger partial charge on any atom is -0.465 e. The Morgan fingerprint density at radius 2 is 1.82 bits per heavy atom. The Bertz CT molecular complexity index is 1260. The summed E-state index contributed by atoms with van der Waals surface area (Å²) in [5.74, 6) is -1.46. The zero-order chi connectivity index (χ0) is 23.7. The van der Waals surface area contributed by atoms with Gasteiger partial charge in [-0.15, -0.1) is 0 Å². The first-order chi connectivity index (χ1) is 15.9. The summed E-state index contributed by atoms with van der Waals surface area (Å²) in [5.41, 5.74) is 0.916. The van der Waals surface area contributed by atoms with E-state index in [-0.39, 0.29) is 28.2 Å². The van der Waals surface area contributed by atoms with Crippen LogP contribution in [0.4, 0.5) is 4.39 Å². The highest BCUT2D eigenvalue weighted by Crippen LogP contribution is 2.38. The lowest BCUT2D eigenvalue weighted by molar-refractivity contribution is 0.0599. The molecule has 0 saturated carbocycles. The molecule has 0 bridgehead atoms. The number of carbonyl (C=O) groups is 2. The smallest absolute Gasteiger partial charge is 0.337 e. The standard InChI is InChI=1S/C25H25FN2O5/c1-4-27(5-2)12-13-28-21(15-6-8-16(9-7-15)25(31)32-3)20-22(29)18-14-17(26)10-11-19(18)33-23(20)24(28)30/h6-11,14,21H,4-5,12-13H2,1-3H3/t21-/m1/s1. The molecule has 1 amide bonds. The van der Waals surface area contributed by atoms with Gasteiger partial charge in [-0.3, -0.25) is 9.59 Å². The highest BCUT2D eigenvalue weighted by molar-refractivity contribution is 5.99. The maximum atomic E-state index is 13.9. The molecular weight excluding hydrogens is 427 g/mol.